The Morgan fingerprint density at radius 1 is 1.16 bits per heavy atom. The molecule has 2 aromatic heterocycles. The molecular formula is C18H16N4O3. The van der Waals surface area contributed by atoms with Gasteiger partial charge in [0.25, 0.3) is 0 Å². The lowest BCUT2D eigenvalue weighted by molar-refractivity contribution is -0.116. The maximum absolute atomic E-state index is 11.9. The highest BCUT2D eigenvalue weighted by Gasteiger charge is 2.06. The lowest BCUT2D eigenvalue weighted by atomic mass is 10.1. The van der Waals surface area contributed by atoms with Crippen LogP contribution in [0, 0.1) is 0 Å². The molecule has 0 aliphatic heterocycles. The van der Waals surface area contributed by atoms with E-state index in [1.165, 1.54) is 13.2 Å². The Balaban J connectivity index is 1.58. The van der Waals surface area contributed by atoms with Crippen LogP contribution in [0.25, 0.3) is 11.7 Å². The van der Waals surface area contributed by atoms with Gasteiger partial charge < -0.3 is 10.1 Å². The molecule has 0 aliphatic rings. The van der Waals surface area contributed by atoms with Gasteiger partial charge in [0, 0.05) is 12.3 Å². The first kappa shape index (κ1) is 16.4. The van der Waals surface area contributed by atoms with Crippen LogP contribution in [-0.4, -0.2) is 33.6 Å². The minimum Gasteiger partial charge on any atom is -0.465 e. The molecule has 126 valence electrons. The van der Waals surface area contributed by atoms with E-state index in [0.717, 1.165) is 11.2 Å². The molecule has 0 saturated heterocycles. The van der Waals surface area contributed by atoms with Crippen LogP contribution in [0.5, 0.6) is 0 Å². The van der Waals surface area contributed by atoms with Crippen molar-refractivity contribution in [2.24, 2.45) is 0 Å². The van der Waals surface area contributed by atoms with Gasteiger partial charge in [-0.2, -0.15) is 0 Å². The predicted molar refractivity (Wildman–Crippen MR) is 91.6 cm³/mol. The topological polar surface area (TPSA) is 85.6 Å². The third-order valence-electron chi connectivity index (χ3n) is 3.56. The van der Waals surface area contributed by atoms with Crippen LogP contribution >= 0.6 is 0 Å². The van der Waals surface area contributed by atoms with E-state index in [1.807, 2.05) is 28.8 Å². The van der Waals surface area contributed by atoms with Gasteiger partial charge in [-0.1, -0.05) is 18.2 Å². The fourth-order valence-electron chi connectivity index (χ4n) is 2.26. The zero-order valence-corrected chi connectivity index (χ0v) is 13.5. The Labute approximate surface area is 144 Å². The molecule has 7 nitrogen and oxygen atoms in total. The van der Waals surface area contributed by atoms with Crippen molar-refractivity contribution in [1.82, 2.24) is 19.9 Å². The van der Waals surface area contributed by atoms with Crippen LogP contribution in [-0.2, 0) is 16.1 Å². The van der Waals surface area contributed by atoms with Crippen LogP contribution in [0.4, 0.5) is 0 Å². The maximum Gasteiger partial charge on any atom is 0.337 e. The van der Waals surface area contributed by atoms with Crippen LogP contribution in [0.2, 0.25) is 0 Å². The number of pyridine rings is 1. The molecule has 0 radical (unpaired) electrons. The predicted octanol–water partition coefficient (Wildman–Crippen LogP) is 1.85. The van der Waals surface area contributed by atoms with Crippen LogP contribution in [0.3, 0.4) is 0 Å². The molecule has 0 aliphatic carbocycles. The summed E-state index contributed by atoms with van der Waals surface area (Å²) in [7, 11) is 1.33. The lowest BCUT2D eigenvalue weighted by Gasteiger charge is -2.01. The van der Waals surface area contributed by atoms with Crippen LogP contribution in [0.1, 0.15) is 21.7 Å². The Kier molecular flexibility index (Phi) is 4.84. The van der Waals surface area contributed by atoms with E-state index in [2.05, 4.69) is 20.3 Å². The van der Waals surface area contributed by atoms with E-state index in [4.69, 9.17) is 0 Å². The number of ether oxygens (including phenoxy) is 1. The summed E-state index contributed by atoms with van der Waals surface area (Å²) in [6, 6.07) is 12.4. The second kappa shape index (κ2) is 7.39. The smallest absolute Gasteiger partial charge is 0.337 e. The third kappa shape index (κ3) is 3.89. The second-order valence-electron chi connectivity index (χ2n) is 5.21. The molecule has 7 heteroatoms. The summed E-state index contributed by atoms with van der Waals surface area (Å²) in [4.78, 5) is 23.3. The summed E-state index contributed by atoms with van der Waals surface area (Å²) >= 11 is 0. The first-order chi connectivity index (χ1) is 12.2. The zero-order valence-electron chi connectivity index (χ0n) is 13.5. The normalized spacial score (nSPS) is 10.9. The fourth-order valence-corrected chi connectivity index (χ4v) is 2.26. The monoisotopic (exact) mass is 336 g/mol. The van der Waals surface area contributed by atoms with Gasteiger partial charge in [0.1, 0.15) is 0 Å². The average Bonchev–Trinajstić information content (AvgIpc) is 3.07. The first-order valence-electron chi connectivity index (χ1n) is 7.60. The number of nitrogens with zero attached hydrogens (tertiary/aromatic N) is 3. The van der Waals surface area contributed by atoms with Crippen LogP contribution in [0.15, 0.2) is 54.7 Å². The van der Waals surface area contributed by atoms with Crippen molar-refractivity contribution in [2.75, 3.05) is 7.11 Å². The lowest BCUT2D eigenvalue weighted by Crippen LogP contribution is -2.21. The van der Waals surface area contributed by atoms with Crippen LogP contribution < -0.4 is 5.32 Å². The number of benzene rings is 1. The maximum atomic E-state index is 11.9. The fraction of sp³-hybridized carbons (Fsp3) is 0.111. The highest BCUT2D eigenvalue weighted by molar-refractivity contribution is 5.92. The Hall–Kier alpha value is -3.48. The summed E-state index contributed by atoms with van der Waals surface area (Å²) in [6.07, 6.45) is 4.93. The largest absolute Gasteiger partial charge is 0.465 e. The number of carbonyl (C=O) groups excluding carboxylic acids is 2. The van der Waals surface area contributed by atoms with Gasteiger partial charge >= 0.3 is 5.97 Å². The Bertz CT molecular complexity index is 929. The molecule has 0 fully saturated rings. The van der Waals surface area contributed by atoms with Crippen molar-refractivity contribution in [3.63, 3.8) is 0 Å². The number of aromatic nitrogens is 3. The third-order valence-corrected chi connectivity index (χ3v) is 3.56. The molecule has 2 heterocycles. The van der Waals surface area contributed by atoms with Gasteiger partial charge in [-0.25, -0.2) is 4.79 Å². The average molecular weight is 336 g/mol. The van der Waals surface area contributed by atoms with Gasteiger partial charge in [0.15, 0.2) is 11.5 Å². The molecule has 1 amide bonds. The number of carbonyl (C=O) groups is 2. The molecule has 0 atom stereocenters. The molecule has 0 saturated carbocycles. The number of hydrogen-bond acceptors (Lipinski definition) is 5. The molecule has 0 unspecified atom stereocenters. The van der Waals surface area contributed by atoms with Gasteiger partial charge in [0.2, 0.25) is 5.91 Å². The van der Waals surface area contributed by atoms with E-state index in [0.29, 0.717) is 11.4 Å². The van der Waals surface area contributed by atoms with E-state index >= 15 is 0 Å². The second-order valence-corrected chi connectivity index (χ2v) is 5.21. The number of rotatable bonds is 5. The molecule has 1 aromatic carbocycles. The molecule has 3 rings (SSSR count). The van der Waals surface area contributed by atoms with E-state index < -0.39 is 5.97 Å². The number of esters is 1. The van der Waals surface area contributed by atoms with Crippen molar-refractivity contribution in [3.8, 4) is 0 Å². The SMILES string of the molecule is COC(=O)c1ccc(/C=C/C(=O)NCc2nnc3ccccn23)cc1. The van der Waals surface area contributed by atoms with Gasteiger partial charge in [-0.15, -0.1) is 10.2 Å². The summed E-state index contributed by atoms with van der Waals surface area (Å²) in [6.45, 7) is 0.273. The zero-order chi connectivity index (χ0) is 17.6. The van der Waals surface area contributed by atoms with Crippen molar-refractivity contribution < 1.29 is 14.3 Å². The van der Waals surface area contributed by atoms with Crippen molar-refractivity contribution >= 4 is 23.6 Å². The number of methoxy groups -OCH3 is 1. The summed E-state index contributed by atoms with van der Waals surface area (Å²) < 4.78 is 6.45. The summed E-state index contributed by atoms with van der Waals surface area (Å²) in [5, 5.41) is 10.8. The number of nitrogens with one attached hydrogen (secondary N) is 1. The minimum absolute atomic E-state index is 0.246. The summed E-state index contributed by atoms with van der Waals surface area (Å²) in [5.41, 5.74) is 1.99. The number of hydrogen-bond donors (Lipinski definition) is 1. The number of amides is 1. The highest BCUT2D eigenvalue weighted by Crippen LogP contribution is 2.07. The number of fused-ring (bicyclic) bond motifs is 1. The molecule has 0 spiro atoms. The van der Waals surface area contributed by atoms with Gasteiger partial charge in [-0.05, 0) is 35.9 Å². The molecular weight excluding hydrogens is 320 g/mol. The van der Waals surface area contributed by atoms with Gasteiger partial charge in [-0.3, -0.25) is 9.20 Å². The quantitative estimate of drug-likeness (QED) is 0.568. The van der Waals surface area contributed by atoms with Gasteiger partial charge in [0.05, 0.1) is 19.2 Å². The van der Waals surface area contributed by atoms with Crippen molar-refractivity contribution in [1.29, 1.82) is 0 Å². The van der Waals surface area contributed by atoms with Crippen molar-refractivity contribution in [3.05, 3.63) is 71.7 Å². The van der Waals surface area contributed by atoms with E-state index in [-0.39, 0.29) is 12.5 Å². The van der Waals surface area contributed by atoms with Crippen molar-refractivity contribution in [2.45, 2.75) is 6.54 Å². The molecule has 3 aromatic rings. The molecule has 1 N–H and O–H groups in total. The highest BCUT2D eigenvalue weighted by atomic mass is 16.5. The summed E-state index contributed by atoms with van der Waals surface area (Å²) in [5.74, 6) is 0.0123. The Morgan fingerprint density at radius 2 is 1.96 bits per heavy atom. The first-order valence-corrected chi connectivity index (χ1v) is 7.60. The Morgan fingerprint density at radius 3 is 2.72 bits per heavy atom. The van der Waals surface area contributed by atoms with E-state index in [1.54, 1.807) is 30.3 Å². The standard InChI is InChI=1S/C18H16N4O3/c1-25-18(24)14-8-5-13(6-9-14)7-10-17(23)19-12-16-21-20-15-4-2-3-11-22(15)16/h2-11H,12H2,1H3,(H,19,23)/b10-7+. The molecule has 0 bridgehead atoms. The van der Waals surface area contributed by atoms with E-state index in [9.17, 15) is 9.59 Å². The molecule has 25 heavy (non-hydrogen) atoms. The minimum atomic E-state index is -0.395.